The van der Waals surface area contributed by atoms with Gasteiger partial charge in [-0.05, 0) is 12.1 Å². The van der Waals surface area contributed by atoms with E-state index >= 15 is 0 Å². The zero-order valence-electron chi connectivity index (χ0n) is 7.81. The maximum atomic E-state index is 11.3. The van der Waals surface area contributed by atoms with Crippen LogP contribution in [0.5, 0.6) is 5.75 Å². The maximum Gasteiger partial charge on any atom is 0.176 e. The molecule has 74 valence electrons. The molecular formula is C9H9NO3S. The summed E-state index contributed by atoms with van der Waals surface area (Å²) >= 11 is 0. The van der Waals surface area contributed by atoms with Crippen molar-refractivity contribution in [3.05, 3.63) is 23.8 Å². The lowest BCUT2D eigenvalue weighted by atomic mass is 10.2. The van der Waals surface area contributed by atoms with Gasteiger partial charge in [0.15, 0.2) is 9.84 Å². The molecule has 0 unspecified atom stereocenters. The van der Waals surface area contributed by atoms with Crippen LogP contribution < -0.4 is 4.74 Å². The molecule has 14 heavy (non-hydrogen) atoms. The quantitative estimate of drug-likeness (QED) is 0.731. The summed E-state index contributed by atoms with van der Waals surface area (Å²) in [6.07, 6.45) is 1.06. The van der Waals surface area contributed by atoms with E-state index in [1.807, 2.05) is 6.07 Å². The Morgan fingerprint density at radius 1 is 1.43 bits per heavy atom. The Kier molecular flexibility index (Phi) is 2.77. The second-order valence-electron chi connectivity index (χ2n) is 2.72. The molecule has 0 amide bonds. The van der Waals surface area contributed by atoms with Gasteiger partial charge < -0.3 is 4.74 Å². The number of nitriles is 1. The minimum absolute atomic E-state index is 0.000602. The predicted molar refractivity (Wildman–Crippen MR) is 50.8 cm³/mol. The van der Waals surface area contributed by atoms with Crippen molar-refractivity contribution < 1.29 is 13.2 Å². The molecule has 5 heteroatoms. The first-order valence-corrected chi connectivity index (χ1v) is 5.67. The van der Waals surface area contributed by atoms with Crippen molar-refractivity contribution in [2.75, 3.05) is 13.4 Å². The van der Waals surface area contributed by atoms with Crippen molar-refractivity contribution in [2.24, 2.45) is 0 Å². The molecule has 0 aromatic heterocycles. The van der Waals surface area contributed by atoms with Crippen LogP contribution >= 0.6 is 0 Å². The summed E-state index contributed by atoms with van der Waals surface area (Å²) in [5.74, 6) is 0.274. The van der Waals surface area contributed by atoms with Crippen LogP contribution in [0.2, 0.25) is 0 Å². The Labute approximate surface area is 82.7 Å². The van der Waals surface area contributed by atoms with E-state index in [4.69, 9.17) is 10.00 Å². The second-order valence-corrected chi connectivity index (χ2v) is 4.70. The average molecular weight is 211 g/mol. The number of methoxy groups -OCH3 is 1. The smallest absolute Gasteiger partial charge is 0.176 e. The SMILES string of the molecule is COc1cccc(S(C)(=O)=O)c1C#N. The highest BCUT2D eigenvalue weighted by Crippen LogP contribution is 2.24. The molecule has 0 bridgehead atoms. The number of nitrogens with zero attached hydrogens (tertiary/aromatic N) is 1. The van der Waals surface area contributed by atoms with E-state index in [0.717, 1.165) is 6.26 Å². The van der Waals surface area contributed by atoms with E-state index in [2.05, 4.69) is 0 Å². The molecule has 1 aromatic rings. The Morgan fingerprint density at radius 3 is 2.50 bits per heavy atom. The van der Waals surface area contributed by atoms with Gasteiger partial charge in [-0.25, -0.2) is 8.42 Å². The fourth-order valence-corrected chi connectivity index (χ4v) is 1.94. The van der Waals surface area contributed by atoms with Gasteiger partial charge in [-0.1, -0.05) is 6.07 Å². The Hall–Kier alpha value is -1.54. The van der Waals surface area contributed by atoms with Gasteiger partial charge in [0.1, 0.15) is 17.4 Å². The fraction of sp³-hybridized carbons (Fsp3) is 0.222. The zero-order chi connectivity index (χ0) is 10.8. The summed E-state index contributed by atoms with van der Waals surface area (Å²) in [5.41, 5.74) is 0.0532. The van der Waals surface area contributed by atoms with Crippen molar-refractivity contribution in [1.82, 2.24) is 0 Å². The van der Waals surface area contributed by atoms with Gasteiger partial charge in [-0.2, -0.15) is 5.26 Å². The van der Waals surface area contributed by atoms with E-state index in [1.165, 1.54) is 19.2 Å². The van der Waals surface area contributed by atoms with Gasteiger partial charge in [0.05, 0.1) is 12.0 Å². The summed E-state index contributed by atoms with van der Waals surface area (Å²) in [5, 5.41) is 8.80. The zero-order valence-corrected chi connectivity index (χ0v) is 8.63. The lowest BCUT2D eigenvalue weighted by molar-refractivity contribution is 0.412. The van der Waals surface area contributed by atoms with Gasteiger partial charge in [-0.15, -0.1) is 0 Å². The van der Waals surface area contributed by atoms with Gasteiger partial charge in [0.2, 0.25) is 0 Å². The molecule has 0 fully saturated rings. The van der Waals surface area contributed by atoms with Crippen molar-refractivity contribution >= 4 is 9.84 Å². The molecule has 0 N–H and O–H groups in total. The van der Waals surface area contributed by atoms with E-state index in [0.29, 0.717) is 0 Å². The minimum atomic E-state index is -3.38. The van der Waals surface area contributed by atoms with Crippen LogP contribution in [0, 0.1) is 11.3 Å². The number of hydrogen-bond acceptors (Lipinski definition) is 4. The van der Waals surface area contributed by atoms with E-state index in [1.54, 1.807) is 6.07 Å². The van der Waals surface area contributed by atoms with Gasteiger partial charge in [0.25, 0.3) is 0 Å². The number of benzene rings is 1. The van der Waals surface area contributed by atoms with Crippen LogP contribution in [0.4, 0.5) is 0 Å². The largest absolute Gasteiger partial charge is 0.495 e. The maximum absolute atomic E-state index is 11.3. The summed E-state index contributed by atoms with van der Waals surface area (Å²) < 4.78 is 27.4. The molecule has 1 rings (SSSR count). The van der Waals surface area contributed by atoms with Crippen molar-refractivity contribution in [3.63, 3.8) is 0 Å². The first-order chi connectivity index (χ1) is 6.50. The molecule has 0 aliphatic heterocycles. The summed E-state index contributed by atoms with van der Waals surface area (Å²) in [7, 11) is -1.99. The van der Waals surface area contributed by atoms with Crippen LogP contribution in [0.3, 0.4) is 0 Å². The molecule has 0 radical (unpaired) electrons. The molecule has 0 aliphatic rings. The van der Waals surface area contributed by atoms with Gasteiger partial charge in [0, 0.05) is 6.26 Å². The normalized spacial score (nSPS) is 10.6. The monoisotopic (exact) mass is 211 g/mol. The van der Waals surface area contributed by atoms with Crippen molar-refractivity contribution in [1.29, 1.82) is 5.26 Å². The van der Waals surface area contributed by atoms with E-state index < -0.39 is 9.84 Å². The molecule has 4 nitrogen and oxygen atoms in total. The number of sulfone groups is 1. The standard InChI is InChI=1S/C9H9NO3S/c1-13-8-4-3-5-9(7(8)6-10)14(2,11)12/h3-5H,1-2H3. The molecule has 0 aliphatic carbocycles. The first kappa shape index (κ1) is 10.5. The summed E-state index contributed by atoms with van der Waals surface area (Å²) in [6, 6.07) is 6.29. The summed E-state index contributed by atoms with van der Waals surface area (Å²) in [4.78, 5) is -0.000602. The Bertz CT molecular complexity index is 485. The third kappa shape index (κ3) is 1.86. The minimum Gasteiger partial charge on any atom is -0.495 e. The van der Waals surface area contributed by atoms with Crippen LogP contribution in [-0.4, -0.2) is 21.8 Å². The molecular weight excluding hydrogens is 202 g/mol. The molecule has 0 saturated carbocycles. The lowest BCUT2D eigenvalue weighted by Crippen LogP contribution is -2.01. The highest BCUT2D eigenvalue weighted by molar-refractivity contribution is 7.90. The van der Waals surface area contributed by atoms with Crippen LogP contribution in [0.1, 0.15) is 5.56 Å². The number of hydrogen-bond donors (Lipinski definition) is 0. The topological polar surface area (TPSA) is 67.2 Å². The highest BCUT2D eigenvalue weighted by atomic mass is 32.2. The Morgan fingerprint density at radius 2 is 2.07 bits per heavy atom. The number of ether oxygens (including phenoxy) is 1. The van der Waals surface area contributed by atoms with E-state index in [9.17, 15) is 8.42 Å². The molecule has 1 aromatic carbocycles. The third-order valence-electron chi connectivity index (χ3n) is 1.72. The van der Waals surface area contributed by atoms with Crippen LogP contribution in [0.15, 0.2) is 23.1 Å². The van der Waals surface area contributed by atoms with Gasteiger partial charge in [-0.3, -0.25) is 0 Å². The summed E-state index contributed by atoms with van der Waals surface area (Å²) in [6.45, 7) is 0. The molecule has 0 atom stereocenters. The van der Waals surface area contributed by atoms with Crippen LogP contribution in [-0.2, 0) is 9.84 Å². The van der Waals surface area contributed by atoms with Gasteiger partial charge >= 0.3 is 0 Å². The van der Waals surface area contributed by atoms with Crippen LogP contribution in [0.25, 0.3) is 0 Å². The lowest BCUT2D eigenvalue weighted by Gasteiger charge is -2.05. The van der Waals surface area contributed by atoms with Crippen molar-refractivity contribution in [2.45, 2.75) is 4.90 Å². The number of rotatable bonds is 2. The molecule has 0 heterocycles. The highest BCUT2D eigenvalue weighted by Gasteiger charge is 2.16. The average Bonchev–Trinajstić information content (AvgIpc) is 2.15. The second kappa shape index (κ2) is 3.68. The molecule has 0 saturated heterocycles. The fourth-order valence-electron chi connectivity index (χ4n) is 1.10. The Balaban J connectivity index is 3.55. The predicted octanol–water partition coefficient (Wildman–Crippen LogP) is 0.970. The molecule has 0 spiro atoms. The third-order valence-corrected chi connectivity index (χ3v) is 2.86. The van der Waals surface area contributed by atoms with Crippen molar-refractivity contribution in [3.8, 4) is 11.8 Å². The first-order valence-electron chi connectivity index (χ1n) is 3.78. The van der Waals surface area contributed by atoms with E-state index in [-0.39, 0.29) is 16.2 Å².